The lowest BCUT2D eigenvalue weighted by molar-refractivity contribution is -0.140. The Morgan fingerprint density at radius 3 is 2.44 bits per heavy atom. The average Bonchev–Trinajstić information content (AvgIpc) is 2.78. The van der Waals surface area contributed by atoms with E-state index in [0.717, 1.165) is 4.47 Å². The van der Waals surface area contributed by atoms with Crippen LogP contribution in [0.25, 0.3) is 0 Å². The summed E-state index contributed by atoms with van der Waals surface area (Å²) < 4.78 is 0.908. The minimum absolute atomic E-state index is 0.191. The number of carbonyl (C=O) groups excluding carboxylic acids is 1. The molecule has 0 bridgehead atoms. The molecular formula is C13H12BrNO3. The van der Waals surface area contributed by atoms with Crippen LogP contribution in [0.4, 0.5) is 0 Å². The van der Waals surface area contributed by atoms with Gasteiger partial charge in [-0.05, 0) is 30.7 Å². The topological polar surface area (TPSA) is 66.4 Å². The summed E-state index contributed by atoms with van der Waals surface area (Å²) in [4.78, 5) is 22.7. The molecule has 2 atom stereocenters. The van der Waals surface area contributed by atoms with Crippen LogP contribution in [0.5, 0.6) is 0 Å². The number of hydrogen-bond donors (Lipinski definition) is 2. The summed E-state index contributed by atoms with van der Waals surface area (Å²) in [6.45, 7) is 0. The summed E-state index contributed by atoms with van der Waals surface area (Å²) in [5.41, 5.74) is 0.561. The summed E-state index contributed by atoms with van der Waals surface area (Å²) in [5, 5.41) is 11.6. The molecule has 0 saturated carbocycles. The van der Waals surface area contributed by atoms with E-state index in [1.165, 1.54) is 0 Å². The van der Waals surface area contributed by atoms with Crippen molar-refractivity contribution in [1.29, 1.82) is 0 Å². The van der Waals surface area contributed by atoms with Gasteiger partial charge < -0.3 is 10.4 Å². The first-order valence-electron chi connectivity index (χ1n) is 5.54. The predicted molar refractivity (Wildman–Crippen MR) is 70.3 cm³/mol. The van der Waals surface area contributed by atoms with Gasteiger partial charge in [-0.3, -0.25) is 9.59 Å². The Labute approximate surface area is 113 Å². The molecule has 0 saturated heterocycles. The van der Waals surface area contributed by atoms with Crippen molar-refractivity contribution in [3.8, 4) is 0 Å². The number of benzene rings is 1. The number of rotatable bonds is 3. The molecule has 94 valence electrons. The molecule has 0 fully saturated rings. The Bertz CT molecular complexity index is 495. The maximum Gasteiger partial charge on any atom is 0.310 e. The number of amides is 1. The van der Waals surface area contributed by atoms with Crippen molar-refractivity contribution in [1.82, 2.24) is 5.32 Å². The summed E-state index contributed by atoms with van der Waals surface area (Å²) in [6, 6.07) is 6.81. The molecule has 18 heavy (non-hydrogen) atoms. The first kappa shape index (κ1) is 12.8. The standard InChI is InChI=1S/C13H12BrNO3/c14-10-4-1-8(2-5-10)12(16)15-11-6-3-9(7-11)13(17)18/h1-6,9,11H,7H2,(H,15,16)(H,17,18). The smallest absolute Gasteiger partial charge is 0.310 e. The zero-order chi connectivity index (χ0) is 13.1. The van der Waals surface area contributed by atoms with Gasteiger partial charge in [0.15, 0.2) is 0 Å². The van der Waals surface area contributed by atoms with Gasteiger partial charge in [-0.2, -0.15) is 0 Å². The van der Waals surface area contributed by atoms with Crippen LogP contribution in [0, 0.1) is 5.92 Å². The molecule has 0 radical (unpaired) electrons. The van der Waals surface area contributed by atoms with Crippen molar-refractivity contribution >= 4 is 27.8 Å². The number of hydrogen-bond acceptors (Lipinski definition) is 2. The first-order chi connectivity index (χ1) is 8.56. The number of halogens is 1. The Morgan fingerprint density at radius 2 is 1.89 bits per heavy atom. The molecule has 0 aromatic heterocycles. The number of aliphatic carboxylic acids is 1. The van der Waals surface area contributed by atoms with Gasteiger partial charge in [0.05, 0.1) is 5.92 Å². The second kappa shape index (κ2) is 5.35. The highest BCUT2D eigenvalue weighted by molar-refractivity contribution is 9.10. The maximum absolute atomic E-state index is 11.9. The summed E-state index contributed by atoms with van der Waals surface area (Å²) in [7, 11) is 0. The Balaban J connectivity index is 1.95. The van der Waals surface area contributed by atoms with Crippen molar-refractivity contribution in [2.24, 2.45) is 5.92 Å². The zero-order valence-electron chi connectivity index (χ0n) is 9.47. The van der Waals surface area contributed by atoms with Gasteiger partial charge in [0.2, 0.25) is 0 Å². The Kier molecular flexibility index (Phi) is 3.81. The average molecular weight is 310 g/mol. The maximum atomic E-state index is 11.9. The normalized spacial score (nSPS) is 21.8. The van der Waals surface area contributed by atoms with Crippen molar-refractivity contribution in [2.75, 3.05) is 0 Å². The van der Waals surface area contributed by atoms with E-state index in [0.29, 0.717) is 12.0 Å². The van der Waals surface area contributed by atoms with Gasteiger partial charge >= 0.3 is 5.97 Å². The fourth-order valence-corrected chi connectivity index (χ4v) is 2.11. The molecule has 0 aliphatic heterocycles. The lowest BCUT2D eigenvalue weighted by atomic mass is 10.1. The second-order valence-corrected chi connectivity index (χ2v) is 5.07. The third kappa shape index (κ3) is 2.98. The lowest BCUT2D eigenvalue weighted by Crippen LogP contribution is -2.33. The van der Waals surface area contributed by atoms with E-state index in [1.807, 2.05) is 0 Å². The van der Waals surface area contributed by atoms with Gasteiger partial charge in [0.25, 0.3) is 5.91 Å². The number of carboxylic acids is 1. The predicted octanol–water partition coefficient (Wildman–Crippen LogP) is 2.21. The van der Waals surface area contributed by atoms with Crippen molar-refractivity contribution < 1.29 is 14.7 Å². The van der Waals surface area contributed by atoms with E-state index in [9.17, 15) is 9.59 Å². The van der Waals surface area contributed by atoms with Crippen LogP contribution in [0.2, 0.25) is 0 Å². The van der Waals surface area contributed by atoms with Crippen LogP contribution in [0.1, 0.15) is 16.8 Å². The van der Waals surface area contributed by atoms with Crippen molar-refractivity contribution in [3.05, 3.63) is 46.5 Å². The molecule has 0 spiro atoms. The molecule has 1 aromatic rings. The molecule has 1 aromatic carbocycles. The van der Waals surface area contributed by atoms with E-state index in [4.69, 9.17) is 5.11 Å². The molecule has 2 N–H and O–H groups in total. The van der Waals surface area contributed by atoms with Crippen molar-refractivity contribution in [3.63, 3.8) is 0 Å². The van der Waals surface area contributed by atoms with E-state index >= 15 is 0 Å². The summed E-state index contributed by atoms with van der Waals surface area (Å²) in [6.07, 6.45) is 3.77. The molecule has 1 aliphatic rings. The minimum Gasteiger partial charge on any atom is -0.481 e. The van der Waals surface area contributed by atoms with Crippen LogP contribution < -0.4 is 5.32 Å². The van der Waals surface area contributed by atoms with Crippen LogP contribution in [0.15, 0.2) is 40.9 Å². The fraction of sp³-hybridized carbons (Fsp3) is 0.231. The number of carboxylic acid groups (broad SMARTS) is 1. The van der Waals surface area contributed by atoms with E-state index in [1.54, 1.807) is 36.4 Å². The third-order valence-electron chi connectivity index (χ3n) is 2.82. The Morgan fingerprint density at radius 1 is 1.22 bits per heavy atom. The molecule has 1 amide bonds. The van der Waals surface area contributed by atoms with Crippen LogP contribution in [-0.2, 0) is 4.79 Å². The molecule has 2 rings (SSSR count). The molecular weight excluding hydrogens is 298 g/mol. The molecule has 1 aliphatic carbocycles. The molecule has 0 heterocycles. The highest BCUT2D eigenvalue weighted by atomic mass is 79.9. The first-order valence-corrected chi connectivity index (χ1v) is 6.33. The zero-order valence-corrected chi connectivity index (χ0v) is 11.1. The molecule has 4 nitrogen and oxygen atoms in total. The Hall–Kier alpha value is -1.62. The highest BCUT2D eigenvalue weighted by Gasteiger charge is 2.25. The van der Waals surface area contributed by atoms with Gasteiger partial charge in [-0.25, -0.2) is 0 Å². The van der Waals surface area contributed by atoms with Crippen LogP contribution in [0.3, 0.4) is 0 Å². The van der Waals surface area contributed by atoms with Gasteiger partial charge in [-0.15, -0.1) is 0 Å². The monoisotopic (exact) mass is 309 g/mol. The summed E-state index contributed by atoms with van der Waals surface area (Å²) in [5.74, 6) is -1.55. The highest BCUT2D eigenvalue weighted by Crippen LogP contribution is 2.18. The largest absolute Gasteiger partial charge is 0.481 e. The number of nitrogens with one attached hydrogen (secondary N) is 1. The van der Waals surface area contributed by atoms with Crippen LogP contribution in [-0.4, -0.2) is 23.0 Å². The molecule has 2 unspecified atom stereocenters. The van der Waals surface area contributed by atoms with Gasteiger partial charge in [0.1, 0.15) is 0 Å². The number of carbonyl (C=O) groups is 2. The van der Waals surface area contributed by atoms with E-state index < -0.39 is 11.9 Å². The van der Waals surface area contributed by atoms with Crippen molar-refractivity contribution in [2.45, 2.75) is 12.5 Å². The fourth-order valence-electron chi connectivity index (χ4n) is 1.84. The SMILES string of the molecule is O=C(NC1C=CC(C(=O)O)C1)c1ccc(Br)cc1. The minimum atomic E-state index is -0.855. The quantitative estimate of drug-likeness (QED) is 0.841. The van der Waals surface area contributed by atoms with E-state index in [-0.39, 0.29) is 11.9 Å². The lowest BCUT2D eigenvalue weighted by Gasteiger charge is -2.12. The summed E-state index contributed by atoms with van der Waals surface area (Å²) >= 11 is 3.30. The third-order valence-corrected chi connectivity index (χ3v) is 3.35. The van der Waals surface area contributed by atoms with E-state index in [2.05, 4.69) is 21.2 Å². The van der Waals surface area contributed by atoms with Gasteiger partial charge in [-0.1, -0.05) is 28.1 Å². The molecule has 5 heteroatoms. The van der Waals surface area contributed by atoms with Gasteiger partial charge in [0, 0.05) is 16.1 Å². The van der Waals surface area contributed by atoms with Crippen LogP contribution >= 0.6 is 15.9 Å². The second-order valence-electron chi connectivity index (χ2n) is 4.15.